The summed E-state index contributed by atoms with van der Waals surface area (Å²) in [6.45, 7) is 7.19. The highest BCUT2D eigenvalue weighted by atomic mass is 35.5. The van der Waals surface area contributed by atoms with Crippen LogP contribution in [0.3, 0.4) is 0 Å². The Hall–Kier alpha value is -1.66. The molecular weight excluding hydrogens is 345 g/mol. The van der Waals surface area contributed by atoms with Crippen molar-refractivity contribution in [1.82, 2.24) is 9.80 Å². The van der Waals surface area contributed by atoms with Crippen molar-refractivity contribution < 1.29 is 14.0 Å². The van der Waals surface area contributed by atoms with Gasteiger partial charge in [0.25, 0.3) is 5.91 Å². The summed E-state index contributed by atoms with van der Waals surface area (Å²) in [7, 11) is 0. The topological polar surface area (TPSA) is 66.6 Å². The molecule has 0 aromatic heterocycles. The number of aryl methyl sites for hydroxylation is 1. The van der Waals surface area contributed by atoms with Crippen molar-refractivity contribution in [3.05, 3.63) is 35.1 Å². The second-order valence-corrected chi connectivity index (χ2v) is 6.72. The summed E-state index contributed by atoms with van der Waals surface area (Å²) in [6.07, 6.45) is 1.48. The fraction of sp³-hybridized carbons (Fsp3) is 0.556. The van der Waals surface area contributed by atoms with Crippen LogP contribution in [0.2, 0.25) is 0 Å². The summed E-state index contributed by atoms with van der Waals surface area (Å²) >= 11 is 0. The van der Waals surface area contributed by atoms with E-state index in [2.05, 4.69) is 0 Å². The van der Waals surface area contributed by atoms with Crippen molar-refractivity contribution in [2.45, 2.75) is 39.2 Å². The van der Waals surface area contributed by atoms with Gasteiger partial charge in [-0.05, 0) is 38.0 Å². The molecule has 1 aromatic carbocycles. The van der Waals surface area contributed by atoms with E-state index < -0.39 is 5.54 Å². The lowest BCUT2D eigenvalue weighted by atomic mass is 9.95. The van der Waals surface area contributed by atoms with Crippen molar-refractivity contribution in [2.75, 3.05) is 26.2 Å². The van der Waals surface area contributed by atoms with Crippen LogP contribution < -0.4 is 5.73 Å². The Morgan fingerprint density at radius 2 is 1.76 bits per heavy atom. The first-order valence-electron chi connectivity index (χ1n) is 8.40. The predicted octanol–water partition coefficient (Wildman–Crippen LogP) is 2.36. The number of rotatable bonds is 4. The van der Waals surface area contributed by atoms with Crippen molar-refractivity contribution in [3.8, 4) is 0 Å². The normalized spacial score (nSPS) is 16.8. The van der Waals surface area contributed by atoms with E-state index in [1.807, 2.05) is 6.92 Å². The second kappa shape index (κ2) is 8.63. The Kier molecular flexibility index (Phi) is 7.38. The van der Waals surface area contributed by atoms with Crippen LogP contribution >= 0.6 is 12.4 Å². The SMILES string of the molecule is CCCC(C)(N)C(=O)N1CCN(C(=O)c2ccc(C)c(F)c2)CC1.Cl. The number of hydrogen-bond donors (Lipinski definition) is 1. The van der Waals surface area contributed by atoms with Gasteiger partial charge in [0.05, 0.1) is 5.54 Å². The highest BCUT2D eigenvalue weighted by Crippen LogP contribution is 2.17. The molecule has 1 fully saturated rings. The Bertz CT molecular complexity index is 629. The Morgan fingerprint density at radius 1 is 1.20 bits per heavy atom. The van der Waals surface area contributed by atoms with E-state index in [0.717, 1.165) is 6.42 Å². The van der Waals surface area contributed by atoms with Crippen LogP contribution in [-0.2, 0) is 4.79 Å². The largest absolute Gasteiger partial charge is 0.338 e. The van der Waals surface area contributed by atoms with E-state index in [1.165, 1.54) is 6.07 Å². The third-order valence-corrected chi connectivity index (χ3v) is 4.53. The van der Waals surface area contributed by atoms with Crippen LogP contribution in [0.1, 0.15) is 42.6 Å². The van der Waals surface area contributed by atoms with Crippen LogP contribution in [0.5, 0.6) is 0 Å². The molecule has 1 aliphatic heterocycles. The van der Waals surface area contributed by atoms with Gasteiger partial charge in [0.1, 0.15) is 5.82 Å². The molecule has 2 N–H and O–H groups in total. The standard InChI is InChI=1S/C18H26FN3O2.ClH/c1-4-7-18(3,20)17(24)22-10-8-21(9-11-22)16(23)14-6-5-13(2)15(19)12-14;/h5-6,12H,4,7-11,20H2,1-3H3;1H. The molecule has 1 saturated heterocycles. The minimum Gasteiger partial charge on any atom is -0.338 e. The number of hydrogen-bond acceptors (Lipinski definition) is 3. The smallest absolute Gasteiger partial charge is 0.254 e. The Balaban J connectivity index is 0.00000312. The predicted molar refractivity (Wildman–Crippen MR) is 98.4 cm³/mol. The molecule has 2 amide bonds. The van der Waals surface area contributed by atoms with Gasteiger partial charge in [-0.3, -0.25) is 9.59 Å². The lowest BCUT2D eigenvalue weighted by molar-refractivity contribution is -0.138. The number of benzene rings is 1. The van der Waals surface area contributed by atoms with Crippen molar-refractivity contribution in [1.29, 1.82) is 0 Å². The first kappa shape index (κ1) is 21.4. The molecule has 140 valence electrons. The maximum atomic E-state index is 13.6. The van der Waals surface area contributed by atoms with Crippen LogP contribution in [0, 0.1) is 12.7 Å². The highest BCUT2D eigenvalue weighted by molar-refractivity contribution is 5.94. The van der Waals surface area contributed by atoms with E-state index in [9.17, 15) is 14.0 Å². The molecule has 0 aliphatic carbocycles. The van der Waals surface area contributed by atoms with Crippen molar-refractivity contribution >= 4 is 24.2 Å². The van der Waals surface area contributed by atoms with Gasteiger partial charge in [0.2, 0.25) is 5.91 Å². The van der Waals surface area contributed by atoms with E-state index in [1.54, 1.807) is 35.8 Å². The van der Waals surface area contributed by atoms with Crippen LogP contribution in [0.15, 0.2) is 18.2 Å². The van der Waals surface area contributed by atoms with Gasteiger partial charge in [0.15, 0.2) is 0 Å². The van der Waals surface area contributed by atoms with Crippen LogP contribution in [0.25, 0.3) is 0 Å². The van der Waals surface area contributed by atoms with E-state index in [-0.39, 0.29) is 30.0 Å². The maximum Gasteiger partial charge on any atom is 0.254 e. The number of piperazine rings is 1. The van der Waals surface area contributed by atoms with Gasteiger partial charge in [-0.2, -0.15) is 0 Å². The quantitative estimate of drug-likeness (QED) is 0.883. The summed E-state index contributed by atoms with van der Waals surface area (Å²) in [4.78, 5) is 28.3. The average Bonchev–Trinajstić information content (AvgIpc) is 2.56. The van der Waals surface area contributed by atoms with Crippen molar-refractivity contribution in [3.63, 3.8) is 0 Å². The van der Waals surface area contributed by atoms with Gasteiger partial charge < -0.3 is 15.5 Å². The summed E-state index contributed by atoms with van der Waals surface area (Å²) < 4.78 is 13.6. The Morgan fingerprint density at radius 3 is 2.28 bits per heavy atom. The van der Waals surface area contributed by atoms with E-state index in [0.29, 0.717) is 43.7 Å². The molecule has 0 radical (unpaired) electrons. The lowest BCUT2D eigenvalue weighted by Gasteiger charge is -2.38. The van der Waals surface area contributed by atoms with Gasteiger partial charge in [-0.1, -0.05) is 19.4 Å². The molecule has 25 heavy (non-hydrogen) atoms. The van der Waals surface area contributed by atoms with Crippen molar-refractivity contribution in [2.24, 2.45) is 5.73 Å². The molecule has 2 rings (SSSR count). The van der Waals surface area contributed by atoms with Gasteiger partial charge in [-0.15, -0.1) is 12.4 Å². The summed E-state index contributed by atoms with van der Waals surface area (Å²) in [5, 5.41) is 0. The molecular formula is C18H27ClFN3O2. The number of carbonyl (C=O) groups is 2. The zero-order valence-electron chi connectivity index (χ0n) is 15.0. The maximum absolute atomic E-state index is 13.6. The number of carbonyl (C=O) groups excluding carboxylic acids is 2. The fourth-order valence-corrected chi connectivity index (χ4v) is 3.01. The van der Waals surface area contributed by atoms with Crippen LogP contribution in [-0.4, -0.2) is 53.3 Å². The Labute approximate surface area is 154 Å². The van der Waals surface area contributed by atoms with Gasteiger partial charge in [0, 0.05) is 31.7 Å². The van der Waals surface area contributed by atoms with Crippen LogP contribution in [0.4, 0.5) is 4.39 Å². The molecule has 1 atom stereocenters. The molecule has 7 heteroatoms. The summed E-state index contributed by atoms with van der Waals surface area (Å²) in [5.41, 5.74) is 6.10. The summed E-state index contributed by atoms with van der Waals surface area (Å²) in [6, 6.07) is 4.51. The zero-order chi connectivity index (χ0) is 17.9. The van der Waals surface area contributed by atoms with E-state index >= 15 is 0 Å². The number of halogens is 2. The molecule has 0 bridgehead atoms. The summed E-state index contributed by atoms with van der Waals surface area (Å²) in [5.74, 6) is -0.656. The second-order valence-electron chi connectivity index (χ2n) is 6.72. The number of amides is 2. The number of nitrogens with zero attached hydrogens (tertiary/aromatic N) is 2. The molecule has 0 saturated carbocycles. The highest BCUT2D eigenvalue weighted by Gasteiger charge is 2.34. The minimum atomic E-state index is -0.860. The monoisotopic (exact) mass is 371 g/mol. The van der Waals surface area contributed by atoms with Gasteiger partial charge >= 0.3 is 0 Å². The zero-order valence-corrected chi connectivity index (χ0v) is 15.9. The molecule has 1 aliphatic rings. The average molecular weight is 372 g/mol. The lowest BCUT2D eigenvalue weighted by Crippen LogP contribution is -2.58. The third kappa shape index (κ3) is 4.92. The minimum absolute atomic E-state index is 0. The first-order chi connectivity index (χ1) is 11.3. The molecule has 5 nitrogen and oxygen atoms in total. The van der Waals surface area contributed by atoms with E-state index in [4.69, 9.17) is 5.73 Å². The third-order valence-electron chi connectivity index (χ3n) is 4.53. The molecule has 1 aromatic rings. The fourth-order valence-electron chi connectivity index (χ4n) is 3.01. The molecule has 1 unspecified atom stereocenters. The first-order valence-corrected chi connectivity index (χ1v) is 8.40. The molecule has 0 spiro atoms. The van der Waals surface area contributed by atoms with Gasteiger partial charge in [-0.25, -0.2) is 4.39 Å². The number of nitrogens with two attached hydrogens (primary N) is 1. The molecule has 1 heterocycles.